The van der Waals surface area contributed by atoms with Gasteiger partial charge >= 0.3 is 7.82 Å². The molecule has 0 aliphatic carbocycles. The Morgan fingerprint density at radius 3 is 0.874 bits per heavy atom. The summed E-state index contributed by atoms with van der Waals surface area (Å²) < 4.78 is 24.0. The summed E-state index contributed by atoms with van der Waals surface area (Å²) in [7, 11) is 1.64. The molecule has 1 amide bonds. The Kier molecular flexibility index (Phi) is 75.9. The van der Waals surface area contributed by atoms with E-state index in [9.17, 15) is 19.4 Å². The van der Waals surface area contributed by atoms with E-state index in [1.807, 2.05) is 21.1 Å². The molecule has 0 aromatic rings. The second-order valence-electron chi connectivity index (χ2n) is 30.9. The Balaban J connectivity index is 3.86. The molecule has 3 unspecified atom stereocenters. The minimum Gasteiger partial charge on any atom is -0.391 e. The number of rotatable bonds is 81. The van der Waals surface area contributed by atoms with Gasteiger partial charge in [-0.25, -0.2) is 4.57 Å². The van der Waals surface area contributed by atoms with Crippen LogP contribution >= 0.6 is 7.82 Å². The molecule has 3 N–H and O–H groups in total. The Bertz CT molecular complexity index is 1650. The molecular formula is C86H170N2O6P+. The van der Waals surface area contributed by atoms with Crippen molar-refractivity contribution in [3.8, 4) is 0 Å². The lowest BCUT2D eigenvalue weighted by molar-refractivity contribution is -0.870. The highest BCUT2D eigenvalue weighted by Crippen LogP contribution is 2.43. The van der Waals surface area contributed by atoms with Crippen LogP contribution in [0.4, 0.5) is 0 Å². The van der Waals surface area contributed by atoms with E-state index < -0.39 is 20.0 Å². The van der Waals surface area contributed by atoms with Crippen LogP contribution < -0.4 is 5.32 Å². The molecule has 95 heavy (non-hydrogen) atoms. The zero-order valence-corrected chi connectivity index (χ0v) is 65.8. The van der Waals surface area contributed by atoms with Gasteiger partial charge in [0.2, 0.25) is 5.91 Å². The fraction of sp³-hybridized carbons (Fsp3) is 0.919. The Morgan fingerprint density at radius 2 is 0.600 bits per heavy atom. The molecule has 0 saturated carbocycles. The van der Waals surface area contributed by atoms with Crippen molar-refractivity contribution >= 4 is 13.7 Å². The van der Waals surface area contributed by atoms with E-state index in [2.05, 4.69) is 55.6 Å². The van der Waals surface area contributed by atoms with Crippen molar-refractivity contribution in [2.45, 2.75) is 469 Å². The third kappa shape index (κ3) is 79.9. The first-order chi connectivity index (χ1) is 46.5. The van der Waals surface area contributed by atoms with Gasteiger partial charge in [-0.3, -0.25) is 13.8 Å². The second-order valence-corrected chi connectivity index (χ2v) is 32.4. The summed E-state index contributed by atoms with van der Waals surface area (Å²) in [6.45, 7) is 4.95. The number of aliphatic hydroxyl groups excluding tert-OH is 1. The zero-order chi connectivity index (χ0) is 69.0. The first kappa shape index (κ1) is 93.7. The van der Waals surface area contributed by atoms with Gasteiger partial charge in [0.25, 0.3) is 0 Å². The van der Waals surface area contributed by atoms with E-state index >= 15 is 0 Å². The molecule has 0 radical (unpaired) electrons. The van der Waals surface area contributed by atoms with Crippen LogP contribution in [0.2, 0.25) is 0 Å². The lowest BCUT2D eigenvalue weighted by Crippen LogP contribution is -2.46. The number of quaternary nitrogens is 1. The van der Waals surface area contributed by atoms with Crippen molar-refractivity contribution in [1.29, 1.82) is 0 Å². The summed E-state index contributed by atoms with van der Waals surface area (Å²) >= 11 is 0. The number of unbranched alkanes of at least 4 members (excludes halogenated alkanes) is 62. The van der Waals surface area contributed by atoms with E-state index in [0.29, 0.717) is 23.9 Å². The zero-order valence-electron chi connectivity index (χ0n) is 65.0. The van der Waals surface area contributed by atoms with Crippen LogP contribution in [0, 0.1) is 0 Å². The number of phosphoric acid groups is 1. The van der Waals surface area contributed by atoms with E-state index in [1.165, 1.54) is 379 Å². The van der Waals surface area contributed by atoms with Gasteiger partial charge in [0.1, 0.15) is 13.2 Å². The number of aliphatic hydroxyl groups is 1. The number of carbonyl (C=O) groups is 1. The van der Waals surface area contributed by atoms with Gasteiger partial charge < -0.3 is 19.8 Å². The van der Waals surface area contributed by atoms with Gasteiger partial charge in [0.15, 0.2) is 0 Å². The van der Waals surface area contributed by atoms with Gasteiger partial charge in [-0.1, -0.05) is 436 Å². The summed E-state index contributed by atoms with van der Waals surface area (Å²) in [6.07, 6.45) is 105. The van der Waals surface area contributed by atoms with Crippen LogP contribution in [0.15, 0.2) is 36.5 Å². The molecule has 3 atom stereocenters. The minimum absolute atomic E-state index is 0.0779. The summed E-state index contributed by atoms with van der Waals surface area (Å²) in [4.78, 5) is 23.6. The lowest BCUT2D eigenvalue weighted by Gasteiger charge is -2.26. The molecule has 0 saturated heterocycles. The molecule has 0 rings (SSSR count). The number of amides is 1. The van der Waals surface area contributed by atoms with Crippen molar-refractivity contribution in [1.82, 2.24) is 5.32 Å². The van der Waals surface area contributed by atoms with Crippen LogP contribution in [0.1, 0.15) is 457 Å². The topological polar surface area (TPSA) is 105 Å². The maximum atomic E-state index is 13.1. The SMILES string of the molecule is CCCCCCC/C=C\C/C=C\C/C=C\CCCCCCCCCCCCCCCCCCCCCCCCCCCCC(=O)NC(COP(=O)(O)OCC[N+](C)(C)C)C(O)CCCCCCCCCCCCCCCCCCCCCCCCCCCCCCCCCC. The standard InChI is InChI=1S/C86H169N2O6P/c1-6-8-10-12-14-16-18-20-22-24-26-28-30-32-34-36-38-40-41-42-43-44-45-46-47-48-50-52-54-56-58-60-62-64-66-68-70-72-74-76-78-80-86(90)87-84(83-94-95(91,92)93-82-81-88(3,4)5)85(89)79-77-75-73-71-69-67-65-63-61-59-57-55-53-51-49-39-37-35-33-31-29-27-25-23-21-19-17-15-13-11-9-7-2/h18,20,24,26,30,32,84-85,89H,6-17,19,21-23,25,27-29,31,33-83H2,1-5H3,(H-,87,90,91,92)/p+1/b20-18-,26-24-,32-30-. The molecule has 9 heteroatoms. The number of phosphoric ester groups is 1. The number of hydrogen-bond acceptors (Lipinski definition) is 5. The lowest BCUT2D eigenvalue weighted by atomic mass is 10.0. The monoisotopic (exact) mass is 1360 g/mol. The van der Waals surface area contributed by atoms with Gasteiger partial charge in [0.05, 0.1) is 39.9 Å². The Hall–Kier alpha value is -1.28. The van der Waals surface area contributed by atoms with Gasteiger partial charge in [-0.05, 0) is 51.4 Å². The molecule has 0 aliphatic rings. The molecule has 564 valence electrons. The third-order valence-electron chi connectivity index (χ3n) is 20.1. The maximum Gasteiger partial charge on any atom is 0.472 e. The molecule has 0 aromatic carbocycles. The van der Waals surface area contributed by atoms with Crippen molar-refractivity contribution in [2.24, 2.45) is 0 Å². The number of hydrogen-bond donors (Lipinski definition) is 3. The average molecular weight is 1360 g/mol. The van der Waals surface area contributed by atoms with Crippen LogP contribution in [-0.4, -0.2) is 73.4 Å². The predicted molar refractivity (Wildman–Crippen MR) is 420 cm³/mol. The highest BCUT2D eigenvalue weighted by atomic mass is 31.2. The maximum absolute atomic E-state index is 13.1. The minimum atomic E-state index is -4.33. The number of nitrogens with one attached hydrogen (secondary N) is 1. The van der Waals surface area contributed by atoms with E-state index in [4.69, 9.17) is 9.05 Å². The average Bonchev–Trinajstić information content (AvgIpc) is 2.01. The molecule has 0 spiro atoms. The normalized spacial score (nSPS) is 13.5. The van der Waals surface area contributed by atoms with Crippen molar-refractivity contribution < 1.29 is 32.9 Å². The van der Waals surface area contributed by atoms with Crippen LogP contribution in [0.25, 0.3) is 0 Å². The van der Waals surface area contributed by atoms with Crippen molar-refractivity contribution in [2.75, 3.05) is 40.9 Å². The highest BCUT2D eigenvalue weighted by molar-refractivity contribution is 7.47. The summed E-state index contributed by atoms with van der Waals surface area (Å²) in [5.74, 6) is -0.133. The highest BCUT2D eigenvalue weighted by Gasteiger charge is 2.28. The number of carbonyl (C=O) groups excluding carboxylic acids is 1. The van der Waals surface area contributed by atoms with Crippen LogP contribution in [0.5, 0.6) is 0 Å². The summed E-state index contributed by atoms with van der Waals surface area (Å²) in [6, 6.07) is -0.761. The summed E-state index contributed by atoms with van der Waals surface area (Å²) in [5, 5.41) is 14.2. The fourth-order valence-corrected chi connectivity index (χ4v) is 14.3. The third-order valence-corrected chi connectivity index (χ3v) is 21.1. The van der Waals surface area contributed by atoms with Crippen LogP contribution in [-0.2, 0) is 18.4 Å². The molecular weight excluding hydrogens is 1190 g/mol. The van der Waals surface area contributed by atoms with Crippen molar-refractivity contribution in [3.05, 3.63) is 36.5 Å². The molecule has 0 heterocycles. The van der Waals surface area contributed by atoms with E-state index in [0.717, 1.165) is 51.4 Å². The number of likely N-dealkylation sites (N-methyl/N-ethyl adjacent to an activating group) is 1. The largest absolute Gasteiger partial charge is 0.472 e. The van der Waals surface area contributed by atoms with Gasteiger partial charge in [-0.2, -0.15) is 0 Å². The molecule has 0 bridgehead atoms. The molecule has 0 fully saturated rings. The quantitative estimate of drug-likeness (QED) is 0.0243. The first-order valence-corrected chi connectivity index (χ1v) is 44.3. The fourth-order valence-electron chi connectivity index (χ4n) is 13.5. The van der Waals surface area contributed by atoms with Gasteiger partial charge in [0, 0.05) is 6.42 Å². The van der Waals surface area contributed by atoms with Crippen LogP contribution in [0.3, 0.4) is 0 Å². The van der Waals surface area contributed by atoms with E-state index in [-0.39, 0.29) is 19.1 Å². The number of nitrogens with zero attached hydrogens (tertiary/aromatic N) is 1. The molecule has 0 aromatic heterocycles. The van der Waals surface area contributed by atoms with Gasteiger partial charge in [-0.15, -0.1) is 0 Å². The summed E-state index contributed by atoms with van der Waals surface area (Å²) in [5.41, 5.74) is 0. The van der Waals surface area contributed by atoms with Crippen molar-refractivity contribution in [3.63, 3.8) is 0 Å². The molecule has 8 nitrogen and oxygen atoms in total. The predicted octanol–water partition coefficient (Wildman–Crippen LogP) is 28.3. The smallest absolute Gasteiger partial charge is 0.391 e. The Labute approximate surface area is 595 Å². The molecule has 0 aliphatic heterocycles. The van der Waals surface area contributed by atoms with E-state index in [1.54, 1.807) is 0 Å². The Morgan fingerprint density at radius 1 is 0.358 bits per heavy atom. The first-order valence-electron chi connectivity index (χ1n) is 42.9. The second kappa shape index (κ2) is 76.9. The number of allylic oxidation sites excluding steroid dienone is 6.